The van der Waals surface area contributed by atoms with Crippen molar-refractivity contribution in [3.8, 4) is 0 Å². The molecule has 1 aromatic rings. The Kier molecular flexibility index (Phi) is 3.70. The van der Waals surface area contributed by atoms with Gasteiger partial charge in [-0.15, -0.1) is 0 Å². The van der Waals surface area contributed by atoms with Crippen LogP contribution >= 0.6 is 0 Å². The van der Waals surface area contributed by atoms with Gasteiger partial charge >= 0.3 is 0 Å². The summed E-state index contributed by atoms with van der Waals surface area (Å²) in [6.07, 6.45) is 6.20. The van der Waals surface area contributed by atoms with Gasteiger partial charge in [0.25, 0.3) is 0 Å². The summed E-state index contributed by atoms with van der Waals surface area (Å²) in [6, 6.07) is 8.70. The minimum Gasteiger partial charge on any atom is -0.303 e. The van der Waals surface area contributed by atoms with Crippen molar-refractivity contribution in [2.45, 2.75) is 40.0 Å². The number of allylic oxidation sites excluding steroid dienone is 2. The van der Waals surface area contributed by atoms with Gasteiger partial charge < -0.3 is 4.79 Å². The molecule has 0 N–H and O–H groups in total. The molecule has 0 aliphatic heterocycles. The van der Waals surface area contributed by atoms with Crippen molar-refractivity contribution in [3.05, 3.63) is 47.0 Å². The summed E-state index contributed by atoms with van der Waals surface area (Å²) in [6.45, 7) is 6.62. The molecule has 0 aromatic heterocycles. The van der Waals surface area contributed by atoms with Gasteiger partial charge in [-0.25, -0.2) is 0 Å². The van der Waals surface area contributed by atoms with Crippen LogP contribution in [0.25, 0.3) is 0 Å². The monoisotopic (exact) mass is 242 g/mol. The Morgan fingerprint density at radius 1 is 1.28 bits per heavy atom. The SMILES string of the molecule is Cc1ccc(CC2=CC(C)(C)CC2CC=O)cc1. The first-order valence-corrected chi connectivity index (χ1v) is 6.71. The molecule has 1 unspecified atom stereocenters. The smallest absolute Gasteiger partial charge is 0.120 e. The van der Waals surface area contributed by atoms with Gasteiger partial charge in [0.05, 0.1) is 0 Å². The van der Waals surface area contributed by atoms with Crippen LogP contribution in [0.2, 0.25) is 0 Å². The highest BCUT2D eigenvalue weighted by Gasteiger charge is 2.31. The van der Waals surface area contributed by atoms with E-state index in [2.05, 4.69) is 51.1 Å². The molecular formula is C17H22O. The molecule has 1 nitrogen and oxygen atoms in total. The quantitative estimate of drug-likeness (QED) is 0.574. The van der Waals surface area contributed by atoms with Crippen molar-refractivity contribution in [1.82, 2.24) is 0 Å². The molecule has 0 spiro atoms. The number of hydrogen-bond donors (Lipinski definition) is 0. The first-order valence-electron chi connectivity index (χ1n) is 6.71. The number of aldehydes is 1. The van der Waals surface area contributed by atoms with E-state index in [0.29, 0.717) is 12.3 Å². The third-order valence-corrected chi connectivity index (χ3v) is 3.78. The van der Waals surface area contributed by atoms with Crippen LogP contribution in [0.3, 0.4) is 0 Å². The van der Waals surface area contributed by atoms with Crippen LogP contribution in [0.5, 0.6) is 0 Å². The summed E-state index contributed by atoms with van der Waals surface area (Å²) < 4.78 is 0. The van der Waals surface area contributed by atoms with E-state index in [4.69, 9.17) is 0 Å². The molecule has 0 saturated carbocycles. The molecule has 1 heteroatoms. The lowest BCUT2D eigenvalue weighted by Crippen LogP contribution is -2.08. The Morgan fingerprint density at radius 3 is 2.56 bits per heavy atom. The zero-order valence-corrected chi connectivity index (χ0v) is 11.6. The second kappa shape index (κ2) is 5.09. The molecule has 18 heavy (non-hydrogen) atoms. The Bertz CT molecular complexity index is 451. The summed E-state index contributed by atoms with van der Waals surface area (Å²) in [7, 11) is 0. The standard InChI is InChI=1S/C17H22O/c1-13-4-6-14(7-5-13)10-16-12-17(2,3)11-15(16)8-9-18/h4-7,9,12,15H,8,10-11H2,1-3H3. The zero-order valence-electron chi connectivity index (χ0n) is 11.6. The maximum Gasteiger partial charge on any atom is 0.120 e. The molecule has 0 bridgehead atoms. The van der Waals surface area contributed by atoms with Gasteiger partial charge in [0.2, 0.25) is 0 Å². The number of rotatable bonds is 4. The summed E-state index contributed by atoms with van der Waals surface area (Å²) in [5.41, 5.74) is 4.33. The number of carbonyl (C=O) groups is 1. The molecule has 1 atom stereocenters. The van der Waals surface area contributed by atoms with Crippen molar-refractivity contribution >= 4 is 6.29 Å². The first-order chi connectivity index (χ1) is 8.50. The Hall–Kier alpha value is -1.37. The Labute approximate surface area is 110 Å². The second-order valence-corrected chi connectivity index (χ2v) is 6.17. The fraction of sp³-hybridized carbons (Fsp3) is 0.471. The van der Waals surface area contributed by atoms with Crippen LogP contribution in [0, 0.1) is 18.3 Å². The average molecular weight is 242 g/mol. The Morgan fingerprint density at radius 2 is 1.94 bits per heavy atom. The van der Waals surface area contributed by atoms with Crippen LogP contribution in [0.15, 0.2) is 35.9 Å². The van der Waals surface area contributed by atoms with Crippen molar-refractivity contribution in [1.29, 1.82) is 0 Å². The van der Waals surface area contributed by atoms with E-state index in [1.165, 1.54) is 16.7 Å². The van der Waals surface area contributed by atoms with Crippen LogP contribution in [-0.2, 0) is 11.2 Å². The molecule has 0 fully saturated rings. The lowest BCUT2D eigenvalue weighted by atomic mass is 9.88. The van der Waals surface area contributed by atoms with Gasteiger partial charge in [-0.3, -0.25) is 0 Å². The summed E-state index contributed by atoms with van der Waals surface area (Å²) in [5.74, 6) is 0.443. The van der Waals surface area contributed by atoms with Crippen LogP contribution < -0.4 is 0 Å². The molecule has 2 rings (SSSR count). The predicted molar refractivity (Wildman–Crippen MR) is 75.5 cm³/mol. The van der Waals surface area contributed by atoms with Gasteiger partial charge in [0.1, 0.15) is 6.29 Å². The normalized spacial score (nSPS) is 21.7. The minimum absolute atomic E-state index is 0.244. The van der Waals surface area contributed by atoms with Gasteiger partial charge in [-0.2, -0.15) is 0 Å². The number of carbonyl (C=O) groups excluding carboxylic acids is 1. The third-order valence-electron chi connectivity index (χ3n) is 3.78. The maximum absolute atomic E-state index is 10.8. The van der Waals surface area contributed by atoms with Crippen molar-refractivity contribution in [2.75, 3.05) is 0 Å². The lowest BCUT2D eigenvalue weighted by Gasteiger charge is -2.16. The number of hydrogen-bond acceptors (Lipinski definition) is 1. The average Bonchev–Trinajstić information content (AvgIpc) is 2.57. The predicted octanol–water partition coefficient (Wildman–Crippen LogP) is 4.10. The van der Waals surface area contributed by atoms with E-state index < -0.39 is 0 Å². The first kappa shape index (κ1) is 13.1. The van der Waals surface area contributed by atoms with Crippen molar-refractivity contribution in [3.63, 3.8) is 0 Å². The third kappa shape index (κ3) is 3.10. The van der Waals surface area contributed by atoms with E-state index in [1.807, 2.05) is 0 Å². The van der Waals surface area contributed by atoms with Crippen molar-refractivity contribution in [2.24, 2.45) is 11.3 Å². The topological polar surface area (TPSA) is 17.1 Å². The maximum atomic E-state index is 10.8. The fourth-order valence-corrected chi connectivity index (χ4v) is 2.93. The van der Waals surface area contributed by atoms with Gasteiger partial charge in [-0.1, -0.05) is 55.3 Å². The van der Waals surface area contributed by atoms with Gasteiger partial charge in [0.15, 0.2) is 0 Å². The van der Waals surface area contributed by atoms with E-state index in [-0.39, 0.29) is 5.41 Å². The molecular weight excluding hydrogens is 220 g/mol. The van der Waals surface area contributed by atoms with Crippen molar-refractivity contribution < 1.29 is 4.79 Å². The fourth-order valence-electron chi connectivity index (χ4n) is 2.93. The zero-order chi connectivity index (χ0) is 13.2. The highest BCUT2D eigenvalue weighted by molar-refractivity contribution is 5.51. The molecule has 0 radical (unpaired) electrons. The Balaban J connectivity index is 2.15. The molecule has 1 aliphatic carbocycles. The van der Waals surface area contributed by atoms with Crippen LogP contribution in [0.4, 0.5) is 0 Å². The molecule has 0 amide bonds. The van der Waals surface area contributed by atoms with Gasteiger partial charge in [0, 0.05) is 6.42 Å². The van der Waals surface area contributed by atoms with E-state index >= 15 is 0 Å². The molecule has 1 aliphatic rings. The lowest BCUT2D eigenvalue weighted by molar-refractivity contribution is -0.108. The summed E-state index contributed by atoms with van der Waals surface area (Å²) >= 11 is 0. The number of aryl methyl sites for hydroxylation is 1. The minimum atomic E-state index is 0.244. The molecule has 0 saturated heterocycles. The largest absolute Gasteiger partial charge is 0.303 e. The van der Waals surface area contributed by atoms with E-state index in [1.54, 1.807) is 0 Å². The highest BCUT2D eigenvalue weighted by Crippen LogP contribution is 2.41. The van der Waals surface area contributed by atoms with E-state index in [0.717, 1.165) is 19.1 Å². The highest BCUT2D eigenvalue weighted by atomic mass is 16.1. The van der Waals surface area contributed by atoms with E-state index in [9.17, 15) is 4.79 Å². The summed E-state index contributed by atoms with van der Waals surface area (Å²) in [5, 5.41) is 0. The number of benzene rings is 1. The molecule has 96 valence electrons. The second-order valence-electron chi connectivity index (χ2n) is 6.17. The van der Waals surface area contributed by atoms with Crippen LogP contribution in [0.1, 0.15) is 37.8 Å². The summed E-state index contributed by atoms with van der Waals surface area (Å²) in [4.78, 5) is 10.8. The molecule has 0 heterocycles. The van der Waals surface area contributed by atoms with Gasteiger partial charge in [-0.05, 0) is 36.7 Å². The van der Waals surface area contributed by atoms with Crippen LogP contribution in [-0.4, -0.2) is 6.29 Å². The molecule has 1 aromatic carbocycles.